The molecule has 96 valence electrons. The summed E-state index contributed by atoms with van der Waals surface area (Å²) >= 11 is 3.59. The summed E-state index contributed by atoms with van der Waals surface area (Å²) in [5.74, 6) is 1.04. The van der Waals surface area contributed by atoms with E-state index in [9.17, 15) is 0 Å². The zero-order valence-electron chi connectivity index (χ0n) is 10.9. The van der Waals surface area contributed by atoms with Crippen molar-refractivity contribution in [3.05, 3.63) is 52.0 Å². The first-order valence-electron chi connectivity index (χ1n) is 6.10. The Morgan fingerprint density at radius 3 is 2.83 bits per heavy atom. The highest BCUT2D eigenvalue weighted by atomic mass is 79.9. The third kappa shape index (κ3) is 2.49. The average molecular weight is 308 g/mol. The van der Waals surface area contributed by atoms with E-state index in [4.69, 9.17) is 0 Å². The first-order chi connectivity index (χ1) is 8.65. The molecule has 0 bridgehead atoms. The van der Waals surface area contributed by atoms with Gasteiger partial charge < -0.3 is 9.88 Å². The molecule has 0 fully saturated rings. The highest BCUT2D eigenvalue weighted by molar-refractivity contribution is 9.10. The number of imidazole rings is 1. The largest absolute Gasteiger partial charge is 0.336 e. The van der Waals surface area contributed by atoms with Gasteiger partial charge in [-0.1, -0.05) is 35.0 Å². The molecule has 0 aliphatic rings. The van der Waals surface area contributed by atoms with Crippen molar-refractivity contribution in [1.82, 2.24) is 14.9 Å². The summed E-state index contributed by atoms with van der Waals surface area (Å²) in [6, 6.07) is 6.43. The lowest BCUT2D eigenvalue weighted by atomic mass is 10.0. The molecule has 0 aliphatic heterocycles. The molecule has 3 nitrogen and oxygen atoms in total. The molecule has 1 aromatic carbocycles. The summed E-state index contributed by atoms with van der Waals surface area (Å²) in [5.41, 5.74) is 2.52. The number of nitrogens with one attached hydrogen (secondary N) is 1. The number of nitrogens with zero attached hydrogens (tertiary/aromatic N) is 2. The Labute approximate surface area is 116 Å². The SMILES string of the molecule is CCNC(c1cccc(Br)c1C)c1nccn1C. The standard InChI is InChI=1S/C14H18BrN3/c1-4-16-13(14-17-8-9-18(14)3)11-6-5-7-12(15)10(11)2/h5-9,13,16H,4H2,1-3H3. The first kappa shape index (κ1) is 13.3. The number of aryl methyl sites for hydroxylation is 1. The maximum atomic E-state index is 4.47. The molecule has 0 saturated heterocycles. The molecule has 1 N–H and O–H groups in total. The zero-order valence-corrected chi connectivity index (χ0v) is 12.5. The Kier molecular flexibility index (Phi) is 4.19. The van der Waals surface area contributed by atoms with E-state index in [0.29, 0.717) is 0 Å². The van der Waals surface area contributed by atoms with E-state index < -0.39 is 0 Å². The van der Waals surface area contributed by atoms with Crippen LogP contribution in [0.3, 0.4) is 0 Å². The van der Waals surface area contributed by atoms with Crippen LogP contribution in [-0.4, -0.2) is 16.1 Å². The Hall–Kier alpha value is -1.13. The number of benzene rings is 1. The van der Waals surface area contributed by atoms with E-state index in [1.807, 2.05) is 19.4 Å². The van der Waals surface area contributed by atoms with Gasteiger partial charge in [0.2, 0.25) is 0 Å². The molecular formula is C14H18BrN3. The number of halogens is 1. The van der Waals surface area contributed by atoms with Gasteiger partial charge in [-0.25, -0.2) is 4.98 Å². The summed E-state index contributed by atoms with van der Waals surface area (Å²) in [6.07, 6.45) is 3.82. The smallest absolute Gasteiger partial charge is 0.130 e. The van der Waals surface area contributed by atoms with Crippen molar-refractivity contribution in [1.29, 1.82) is 0 Å². The maximum absolute atomic E-state index is 4.47. The second-order valence-corrected chi connectivity index (χ2v) is 5.20. The summed E-state index contributed by atoms with van der Waals surface area (Å²) in [7, 11) is 2.03. The highest BCUT2D eigenvalue weighted by Crippen LogP contribution is 2.28. The Bertz CT molecular complexity index is 534. The van der Waals surface area contributed by atoms with Crippen molar-refractivity contribution >= 4 is 15.9 Å². The van der Waals surface area contributed by atoms with Crippen LogP contribution in [0, 0.1) is 6.92 Å². The molecule has 2 rings (SSSR count). The van der Waals surface area contributed by atoms with Gasteiger partial charge in [-0.3, -0.25) is 0 Å². The second kappa shape index (κ2) is 5.67. The van der Waals surface area contributed by atoms with Crippen LogP contribution in [0.2, 0.25) is 0 Å². The summed E-state index contributed by atoms with van der Waals surface area (Å²) in [4.78, 5) is 4.47. The Balaban J connectivity index is 2.48. The lowest BCUT2D eigenvalue weighted by molar-refractivity contribution is 0.574. The van der Waals surface area contributed by atoms with Crippen LogP contribution in [0.1, 0.15) is 29.9 Å². The topological polar surface area (TPSA) is 29.9 Å². The van der Waals surface area contributed by atoms with Crippen molar-refractivity contribution < 1.29 is 0 Å². The molecule has 0 radical (unpaired) electrons. The van der Waals surface area contributed by atoms with Gasteiger partial charge in [-0.15, -0.1) is 0 Å². The minimum absolute atomic E-state index is 0.132. The average Bonchev–Trinajstić information content (AvgIpc) is 2.76. The second-order valence-electron chi connectivity index (χ2n) is 4.34. The van der Waals surface area contributed by atoms with E-state index in [-0.39, 0.29) is 6.04 Å². The summed E-state index contributed by atoms with van der Waals surface area (Å²) < 4.78 is 3.20. The van der Waals surface area contributed by atoms with Crippen LogP contribution in [0.5, 0.6) is 0 Å². The third-order valence-electron chi connectivity index (χ3n) is 3.15. The van der Waals surface area contributed by atoms with Gasteiger partial charge in [0.05, 0.1) is 6.04 Å². The monoisotopic (exact) mass is 307 g/mol. The number of aromatic nitrogens is 2. The number of hydrogen-bond donors (Lipinski definition) is 1. The Morgan fingerprint density at radius 1 is 1.44 bits per heavy atom. The molecule has 1 unspecified atom stereocenters. The quantitative estimate of drug-likeness (QED) is 0.940. The van der Waals surface area contributed by atoms with Crippen LogP contribution in [0.15, 0.2) is 35.1 Å². The van der Waals surface area contributed by atoms with Crippen LogP contribution in [-0.2, 0) is 7.05 Å². The fraction of sp³-hybridized carbons (Fsp3) is 0.357. The molecule has 1 aromatic heterocycles. The lowest BCUT2D eigenvalue weighted by Gasteiger charge is -2.20. The van der Waals surface area contributed by atoms with Crippen LogP contribution < -0.4 is 5.32 Å². The van der Waals surface area contributed by atoms with Gasteiger partial charge in [0.15, 0.2) is 0 Å². The predicted octanol–water partition coefficient (Wildman–Crippen LogP) is 3.19. The predicted molar refractivity (Wildman–Crippen MR) is 77.6 cm³/mol. The van der Waals surface area contributed by atoms with E-state index in [2.05, 4.69) is 62.8 Å². The number of rotatable bonds is 4. The molecular weight excluding hydrogens is 290 g/mol. The van der Waals surface area contributed by atoms with Crippen LogP contribution in [0.25, 0.3) is 0 Å². The third-order valence-corrected chi connectivity index (χ3v) is 4.00. The molecule has 0 aliphatic carbocycles. The van der Waals surface area contributed by atoms with Crippen molar-refractivity contribution in [2.75, 3.05) is 6.54 Å². The van der Waals surface area contributed by atoms with Gasteiger partial charge in [0, 0.05) is 23.9 Å². The van der Waals surface area contributed by atoms with Gasteiger partial charge in [-0.05, 0) is 30.7 Å². The molecule has 18 heavy (non-hydrogen) atoms. The molecule has 0 spiro atoms. The van der Waals surface area contributed by atoms with Crippen LogP contribution in [0.4, 0.5) is 0 Å². The fourth-order valence-corrected chi connectivity index (χ4v) is 2.52. The molecule has 1 heterocycles. The van der Waals surface area contributed by atoms with Crippen LogP contribution >= 0.6 is 15.9 Å². The van der Waals surface area contributed by atoms with Gasteiger partial charge >= 0.3 is 0 Å². The van der Waals surface area contributed by atoms with Gasteiger partial charge in [-0.2, -0.15) is 0 Å². The normalized spacial score (nSPS) is 12.7. The van der Waals surface area contributed by atoms with E-state index >= 15 is 0 Å². The number of hydrogen-bond acceptors (Lipinski definition) is 2. The Morgan fingerprint density at radius 2 is 2.22 bits per heavy atom. The van der Waals surface area contributed by atoms with Crippen molar-refractivity contribution in [2.24, 2.45) is 7.05 Å². The van der Waals surface area contributed by atoms with E-state index in [1.54, 1.807) is 0 Å². The van der Waals surface area contributed by atoms with Crippen molar-refractivity contribution in [3.63, 3.8) is 0 Å². The molecule has 0 saturated carbocycles. The van der Waals surface area contributed by atoms with E-state index in [1.165, 1.54) is 11.1 Å². The molecule has 4 heteroatoms. The molecule has 0 amide bonds. The van der Waals surface area contributed by atoms with Crippen molar-refractivity contribution in [2.45, 2.75) is 19.9 Å². The minimum atomic E-state index is 0.132. The van der Waals surface area contributed by atoms with Gasteiger partial charge in [0.25, 0.3) is 0 Å². The van der Waals surface area contributed by atoms with E-state index in [0.717, 1.165) is 16.8 Å². The lowest BCUT2D eigenvalue weighted by Crippen LogP contribution is -2.25. The molecule has 2 aromatic rings. The first-order valence-corrected chi connectivity index (χ1v) is 6.90. The highest BCUT2D eigenvalue weighted by Gasteiger charge is 2.19. The molecule has 1 atom stereocenters. The van der Waals surface area contributed by atoms with Gasteiger partial charge in [0.1, 0.15) is 5.82 Å². The fourth-order valence-electron chi connectivity index (χ4n) is 2.14. The zero-order chi connectivity index (χ0) is 13.1. The van der Waals surface area contributed by atoms with Crippen molar-refractivity contribution in [3.8, 4) is 0 Å². The maximum Gasteiger partial charge on any atom is 0.130 e. The summed E-state index contributed by atoms with van der Waals surface area (Å²) in [6.45, 7) is 5.15. The summed E-state index contributed by atoms with van der Waals surface area (Å²) in [5, 5.41) is 3.51. The minimum Gasteiger partial charge on any atom is -0.336 e.